The monoisotopic (exact) mass is 918 g/mol. The molecule has 2 aliphatic heterocycles. The fourth-order valence-corrected chi connectivity index (χ4v) is 8.67. The van der Waals surface area contributed by atoms with Gasteiger partial charge >= 0.3 is 11.9 Å². The Morgan fingerprint density at radius 3 is 2.11 bits per heavy atom. The number of benzene rings is 7. The number of phenols is 1. The van der Waals surface area contributed by atoms with Gasteiger partial charge in [0.25, 0.3) is 11.8 Å². The minimum absolute atomic E-state index is 0.0126. The molecule has 0 saturated carbocycles. The number of amides is 2. The number of carbonyl (C=O) groups is 4. The smallest absolute Gasteiger partial charge is 0.337 e. The number of carbonyl (C=O) groups excluding carboxylic acids is 2. The molecule has 5 aromatic carbocycles. The van der Waals surface area contributed by atoms with Crippen LogP contribution in [0.1, 0.15) is 52.6 Å². The van der Waals surface area contributed by atoms with Gasteiger partial charge in [0.05, 0.1) is 44.2 Å². The van der Waals surface area contributed by atoms with Crippen LogP contribution in [-0.4, -0.2) is 39.1 Å². The number of hydrogen-bond donors (Lipinski definition) is 7. The van der Waals surface area contributed by atoms with E-state index in [1.54, 1.807) is 60.7 Å². The van der Waals surface area contributed by atoms with Crippen molar-refractivity contribution in [2.45, 2.75) is 13.1 Å². The average Bonchev–Trinajstić information content (AvgIpc) is 3.29. The number of fused-ring (bicyclic) bond motifs is 4. The minimum atomic E-state index is -1.45. The van der Waals surface area contributed by atoms with Gasteiger partial charge in [-0.25, -0.2) is 9.59 Å². The van der Waals surface area contributed by atoms with Crippen LogP contribution in [0.2, 0.25) is 10.0 Å². The number of hydrogen-bond acceptors (Lipinski definition) is 10. The van der Waals surface area contributed by atoms with E-state index in [9.17, 15) is 39.3 Å². The Morgan fingerprint density at radius 1 is 0.652 bits per heavy atom. The van der Waals surface area contributed by atoms with Crippen LogP contribution in [-0.2, 0) is 13.1 Å². The van der Waals surface area contributed by atoms with Gasteiger partial charge in [-0.2, -0.15) is 0 Å². The number of rotatable bonds is 10. The number of anilines is 1. The fraction of sp³-hybridized carbons (Fsp3) is 0.0400. The first-order valence-electron chi connectivity index (χ1n) is 19.9. The molecule has 2 aliphatic carbocycles. The molecule has 0 bridgehead atoms. The molecule has 0 atom stereocenters. The van der Waals surface area contributed by atoms with Gasteiger partial charge in [0.1, 0.15) is 28.4 Å². The molecule has 4 aliphatic rings. The van der Waals surface area contributed by atoms with Gasteiger partial charge in [-0.3, -0.25) is 14.4 Å². The fourth-order valence-electron chi connectivity index (χ4n) is 8.06. The van der Waals surface area contributed by atoms with E-state index in [1.165, 1.54) is 60.7 Å². The van der Waals surface area contributed by atoms with Crippen LogP contribution < -0.4 is 27.2 Å². The molecule has 0 saturated heterocycles. The molecular weight excluding hydrogens is 887 g/mol. The van der Waals surface area contributed by atoms with E-state index in [-0.39, 0.29) is 79.2 Å². The Bertz CT molecular complexity index is 3580. The molecule has 9 rings (SSSR count). The summed E-state index contributed by atoms with van der Waals surface area (Å²) in [5.41, 5.74) is 8.79. The molecule has 14 nitrogen and oxygen atoms in total. The van der Waals surface area contributed by atoms with Crippen LogP contribution in [0.4, 0.5) is 5.69 Å². The van der Waals surface area contributed by atoms with Crippen molar-refractivity contribution in [3.05, 3.63) is 180 Å². The molecule has 2 amide bonds. The lowest BCUT2D eigenvalue weighted by molar-refractivity contribution is 0.0687. The van der Waals surface area contributed by atoms with E-state index in [4.69, 9.17) is 43.2 Å². The number of carboxylic acids is 2. The quantitative estimate of drug-likeness (QED) is 0.0503. The van der Waals surface area contributed by atoms with Crippen molar-refractivity contribution in [1.29, 1.82) is 5.41 Å². The molecule has 16 heteroatoms. The van der Waals surface area contributed by atoms with Crippen LogP contribution in [0.25, 0.3) is 66.8 Å². The summed E-state index contributed by atoms with van der Waals surface area (Å²) >= 11 is 13.6. The molecule has 0 aromatic heterocycles. The number of phenolic OH excluding ortho intramolecular Hbond substituents is 1. The van der Waals surface area contributed by atoms with E-state index < -0.39 is 34.7 Å². The second kappa shape index (κ2) is 16.9. The Balaban J connectivity index is 0.951. The highest BCUT2D eigenvalue weighted by molar-refractivity contribution is 6.41. The summed E-state index contributed by atoms with van der Waals surface area (Å²) in [4.78, 5) is 65.6. The second-order valence-corrected chi connectivity index (χ2v) is 16.0. The van der Waals surface area contributed by atoms with Crippen molar-refractivity contribution in [2.75, 3.05) is 5.73 Å². The van der Waals surface area contributed by atoms with Gasteiger partial charge < -0.3 is 45.9 Å². The highest BCUT2D eigenvalue weighted by atomic mass is 35.5. The number of aromatic hydroxyl groups is 1. The Morgan fingerprint density at radius 2 is 1.35 bits per heavy atom. The molecule has 8 N–H and O–H groups in total. The number of nitrogens with two attached hydrogens (primary N) is 1. The van der Waals surface area contributed by atoms with Crippen LogP contribution in [0, 0.1) is 5.41 Å². The summed E-state index contributed by atoms with van der Waals surface area (Å²) in [6, 6.07) is 30.6. The summed E-state index contributed by atoms with van der Waals surface area (Å²) in [5, 5.41) is 45.1. The number of nitrogens with one attached hydrogen (secondary N) is 3. The molecule has 0 unspecified atom stereocenters. The lowest BCUT2D eigenvalue weighted by atomic mass is 9.89. The van der Waals surface area contributed by atoms with Crippen LogP contribution in [0.5, 0.6) is 5.75 Å². The number of aromatic carboxylic acids is 2. The standard InChI is InChI=1S/C50H32Cl2N4O10/c51-36-20-34(45(52)44(50(63)64)43(36)42-31-12-9-25(53)17-38(31)65-39-18-26(54)10-13-32(39)42)48(60)55-21-23-5-7-24(8-6-23)47(59)56-22-35-37(58)16-15-33-41(28-3-1-2-4-29(28)49(61)62)30-14-11-27(57)19-40(30)66-46(33)35/h1-20,53,57H,21-22,54H2,(H,55,60)(H,56,59)(H,61,62)(H,63,64). The number of halogens is 2. The predicted molar refractivity (Wildman–Crippen MR) is 247 cm³/mol. The number of carboxylic acid groups (broad SMARTS) is 2. The summed E-state index contributed by atoms with van der Waals surface area (Å²) in [5.74, 6) is -3.63. The van der Waals surface area contributed by atoms with Crippen LogP contribution in [0.3, 0.4) is 0 Å². The first kappa shape index (κ1) is 42.8. The van der Waals surface area contributed by atoms with E-state index >= 15 is 0 Å². The SMILES string of the molecule is N=c1ccc2c(-c3c(Cl)cc(C(=O)NCc4ccc(C(=O)NCc5c6oc7cc(O)ccc7c(-c7ccccc7C(=O)O)c-6ccc5=O)cc4)c(Cl)c3C(=O)O)c3ccc(N)cc3oc-2c1. The van der Waals surface area contributed by atoms with Crippen molar-refractivity contribution in [3.63, 3.8) is 0 Å². The van der Waals surface area contributed by atoms with Gasteiger partial charge in [-0.05, 0) is 83.9 Å². The van der Waals surface area contributed by atoms with Gasteiger partial charge in [0.15, 0.2) is 5.43 Å². The third kappa shape index (κ3) is 7.69. The van der Waals surface area contributed by atoms with Crippen LogP contribution in [0.15, 0.2) is 135 Å². The maximum atomic E-state index is 13.6. The summed E-state index contributed by atoms with van der Waals surface area (Å²) in [7, 11) is 0. The van der Waals surface area contributed by atoms with Gasteiger partial charge in [0, 0.05) is 74.6 Å². The van der Waals surface area contributed by atoms with Crippen molar-refractivity contribution in [3.8, 4) is 50.7 Å². The largest absolute Gasteiger partial charge is 0.508 e. The average molecular weight is 920 g/mol. The predicted octanol–water partition coefficient (Wildman–Crippen LogP) is 9.41. The zero-order valence-electron chi connectivity index (χ0n) is 34.0. The number of nitrogen functional groups attached to an aromatic ring is 1. The van der Waals surface area contributed by atoms with Crippen LogP contribution >= 0.6 is 23.2 Å². The summed E-state index contributed by atoms with van der Waals surface area (Å²) in [6.07, 6.45) is 0. The molecule has 0 spiro atoms. The highest BCUT2D eigenvalue weighted by Gasteiger charge is 2.30. The Kier molecular flexibility index (Phi) is 11.0. The topological polar surface area (TPSA) is 246 Å². The third-order valence-electron chi connectivity index (χ3n) is 11.1. The molecule has 5 aromatic rings. The normalized spacial score (nSPS) is 11.3. The van der Waals surface area contributed by atoms with Crippen molar-refractivity contribution in [2.24, 2.45) is 0 Å². The second-order valence-electron chi connectivity index (χ2n) is 15.2. The van der Waals surface area contributed by atoms with E-state index in [1.807, 2.05) is 0 Å². The van der Waals surface area contributed by atoms with Crippen molar-refractivity contribution in [1.82, 2.24) is 10.6 Å². The summed E-state index contributed by atoms with van der Waals surface area (Å²) < 4.78 is 12.2. The van der Waals surface area contributed by atoms with Gasteiger partial charge in [-0.15, -0.1) is 0 Å². The molecule has 326 valence electrons. The van der Waals surface area contributed by atoms with E-state index in [0.29, 0.717) is 55.4 Å². The molecule has 66 heavy (non-hydrogen) atoms. The first-order chi connectivity index (χ1) is 31.7. The molecule has 2 heterocycles. The first-order valence-corrected chi connectivity index (χ1v) is 20.7. The Labute approximate surface area is 382 Å². The van der Waals surface area contributed by atoms with Crippen molar-refractivity contribution < 1.29 is 43.3 Å². The molecular formula is C50H32Cl2N4O10. The van der Waals surface area contributed by atoms with Gasteiger partial charge in [-0.1, -0.05) is 53.5 Å². The zero-order chi connectivity index (χ0) is 46.6. The maximum Gasteiger partial charge on any atom is 0.337 e. The lowest BCUT2D eigenvalue weighted by Gasteiger charge is -2.20. The van der Waals surface area contributed by atoms with Gasteiger partial charge in [0.2, 0.25) is 0 Å². The summed E-state index contributed by atoms with van der Waals surface area (Å²) in [6.45, 7) is -0.326. The highest BCUT2D eigenvalue weighted by Crippen LogP contribution is 2.47. The molecule has 0 fully saturated rings. The zero-order valence-corrected chi connectivity index (χ0v) is 35.5. The van der Waals surface area contributed by atoms with E-state index in [0.717, 1.165) is 0 Å². The Hall–Kier alpha value is -8.46. The van der Waals surface area contributed by atoms with E-state index in [2.05, 4.69) is 10.6 Å². The van der Waals surface area contributed by atoms with Crippen molar-refractivity contribution >= 4 is 74.6 Å². The third-order valence-corrected chi connectivity index (χ3v) is 11.8. The lowest BCUT2D eigenvalue weighted by Crippen LogP contribution is -2.27. The minimum Gasteiger partial charge on any atom is -0.508 e. The molecule has 0 radical (unpaired) electrons. The maximum absolute atomic E-state index is 13.6.